The maximum atomic E-state index is 12.3. The smallest absolute Gasteiger partial charge is 0.436 e. The van der Waals surface area contributed by atoms with Crippen LogP contribution in [0.4, 0.5) is 5.95 Å². The Hall–Kier alpha value is -2.82. The molecule has 0 saturated carbocycles. The fourth-order valence-electron chi connectivity index (χ4n) is 2.63. The van der Waals surface area contributed by atoms with E-state index in [4.69, 9.17) is 9.47 Å². The quantitative estimate of drug-likeness (QED) is 0.446. The molecular weight excluding hydrogens is 334 g/mol. The molecule has 3 rings (SSSR count). The fraction of sp³-hybridized carbons (Fsp3) is 0.333. The Kier molecular flexibility index (Phi) is 4.74. The van der Waals surface area contributed by atoms with Crippen LogP contribution in [0.3, 0.4) is 0 Å². The summed E-state index contributed by atoms with van der Waals surface area (Å²) in [4.78, 5) is 26.2. The van der Waals surface area contributed by atoms with Crippen LogP contribution in [0.15, 0.2) is 42.7 Å². The van der Waals surface area contributed by atoms with E-state index < -0.39 is 48.0 Å². The lowest BCUT2D eigenvalue weighted by Gasteiger charge is -2.19. The summed E-state index contributed by atoms with van der Waals surface area (Å²) in [6, 6.07) is 8.08. The Balaban J connectivity index is 1.89. The monoisotopic (exact) mass is 349 g/mol. The number of ether oxygens (including phenoxy) is 2. The van der Waals surface area contributed by atoms with Crippen molar-refractivity contribution in [2.24, 2.45) is 0 Å². The van der Waals surface area contributed by atoms with Crippen LogP contribution in [-0.4, -0.2) is 55.6 Å². The van der Waals surface area contributed by atoms with Gasteiger partial charge in [0.25, 0.3) is 0 Å². The van der Waals surface area contributed by atoms with Gasteiger partial charge in [0.1, 0.15) is 24.6 Å². The molecule has 1 fully saturated rings. The predicted octanol–water partition coefficient (Wildman–Crippen LogP) is 0.267. The number of imidazole rings is 1. The minimum absolute atomic E-state index is 0.251. The number of hydrogen-bond donors (Lipinski definition) is 2. The van der Waals surface area contributed by atoms with E-state index in [1.54, 1.807) is 18.2 Å². The summed E-state index contributed by atoms with van der Waals surface area (Å²) < 4.78 is 11.8. The van der Waals surface area contributed by atoms with E-state index >= 15 is 0 Å². The Morgan fingerprint density at radius 3 is 2.76 bits per heavy atom. The minimum atomic E-state index is -1.36. The van der Waals surface area contributed by atoms with E-state index in [1.165, 1.54) is 24.5 Å². The molecule has 0 bridgehead atoms. The molecule has 0 aliphatic carbocycles. The highest BCUT2D eigenvalue weighted by Gasteiger charge is 2.50. The highest BCUT2D eigenvalue weighted by molar-refractivity contribution is 5.89. The van der Waals surface area contributed by atoms with Gasteiger partial charge >= 0.3 is 11.9 Å². The van der Waals surface area contributed by atoms with Crippen molar-refractivity contribution in [1.29, 1.82) is 0 Å². The molecule has 2 N–H and O–H groups in total. The van der Waals surface area contributed by atoms with Crippen LogP contribution >= 0.6 is 0 Å². The van der Waals surface area contributed by atoms with E-state index in [0.29, 0.717) is 0 Å². The van der Waals surface area contributed by atoms with Gasteiger partial charge in [0.15, 0.2) is 6.10 Å². The number of esters is 1. The lowest BCUT2D eigenvalue weighted by Crippen LogP contribution is -2.37. The summed E-state index contributed by atoms with van der Waals surface area (Å²) in [6.07, 6.45) is -2.39. The number of nitrogens with zero attached hydrogens (tertiary/aromatic N) is 3. The minimum Gasteiger partial charge on any atom is -0.449 e. The molecule has 25 heavy (non-hydrogen) atoms. The first kappa shape index (κ1) is 17.0. The topological polar surface area (TPSA) is 137 Å². The standard InChI is InChI=1S/C15H15N3O7/c19-8-10-11(20)12(25-14(21)9-4-2-1-3-5-9)13(24-10)17-7-6-16-15(17)18(22)23/h1-7,10-13,19-20H,8H2/t10-,11-,12+,13+/m1/s1. The number of aliphatic hydroxyl groups excluding tert-OH is 2. The van der Waals surface area contributed by atoms with Crippen molar-refractivity contribution in [3.63, 3.8) is 0 Å². The van der Waals surface area contributed by atoms with Crippen molar-refractivity contribution in [2.45, 2.75) is 24.5 Å². The van der Waals surface area contributed by atoms with Crippen molar-refractivity contribution in [3.05, 3.63) is 58.4 Å². The number of aliphatic hydroxyl groups is 2. The molecule has 2 aromatic rings. The SMILES string of the molecule is O=C(O[C@H]1[C@H](O)[C@@H](CO)O[C@@H]1n1ccnc1[N+](=O)[O-])c1ccccc1. The van der Waals surface area contributed by atoms with Crippen LogP contribution < -0.4 is 0 Å². The van der Waals surface area contributed by atoms with Gasteiger partial charge in [-0.15, -0.1) is 0 Å². The van der Waals surface area contributed by atoms with Crippen molar-refractivity contribution in [1.82, 2.24) is 9.55 Å². The van der Waals surface area contributed by atoms with Crippen LogP contribution in [0.25, 0.3) is 0 Å². The molecule has 10 nitrogen and oxygen atoms in total. The molecule has 0 unspecified atom stereocenters. The maximum absolute atomic E-state index is 12.3. The van der Waals surface area contributed by atoms with Crippen LogP contribution in [-0.2, 0) is 9.47 Å². The van der Waals surface area contributed by atoms with E-state index in [2.05, 4.69) is 4.98 Å². The zero-order valence-electron chi connectivity index (χ0n) is 12.8. The third kappa shape index (κ3) is 3.22. The largest absolute Gasteiger partial charge is 0.449 e. The second-order valence-electron chi connectivity index (χ2n) is 5.37. The Morgan fingerprint density at radius 1 is 1.40 bits per heavy atom. The number of carbonyl (C=O) groups is 1. The molecule has 4 atom stereocenters. The summed E-state index contributed by atoms with van der Waals surface area (Å²) in [5, 5.41) is 30.7. The fourth-order valence-corrected chi connectivity index (χ4v) is 2.63. The van der Waals surface area contributed by atoms with Crippen molar-refractivity contribution >= 4 is 11.9 Å². The molecule has 1 aliphatic rings. The number of nitro groups is 1. The highest BCUT2D eigenvalue weighted by Crippen LogP contribution is 2.34. The van der Waals surface area contributed by atoms with Gasteiger partial charge < -0.3 is 29.8 Å². The lowest BCUT2D eigenvalue weighted by molar-refractivity contribution is -0.398. The molecule has 10 heteroatoms. The molecule has 0 radical (unpaired) electrons. The van der Waals surface area contributed by atoms with Gasteiger partial charge in [0.2, 0.25) is 6.23 Å². The Morgan fingerprint density at radius 2 is 2.12 bits per heavy atom. The normalized spacial score (nSPS) is 25.7. The summed E-state index contributed by atoms with van der Waals surface area (Å²) in [7, 11) is 0. The van der Waals surface area contributed by atoms with Gasteiger partial charge in [-0.05, 0) is 17.1 Å². The van der Waals surface area contributed by atoms with E-state index in [-0.39, 0.29) is 5.56 Å². The molecule has 1 aliphatic heterocycles. The first-order valence-electron chi connectivity index (χ1n) is 7.40. The van der Waals surface area contributed by atoms with Gasteiger partial charge in [0, 0.05) is 0 Å². The molecule has 2 heterocycles. The van der Waals surface area contributed by atoms with E-state index in [1.807, 2.05) is 0 Å². The Bertz CT molecular complexity index is 763. The molecule has 1 saturated heterocycles. The average molecular weight is 349 g/mol. The second kappa shape index (κ2) is 6.97. The summed E-state index contributed by atoms with van der Waals surface area (Å²) in [6.45, 7) is -0.542. The lowest BCUT2D eigenvalue weighted by atomic mass is 10.1. The molecule has 132 valence electrons. The van der Waals surface area contributed by atoms with Gasteiger partial charge in [-0.3, -0.25) is 0 Å². The number of carbonyl (C=O) groups excluding carboxylic acids is 1. The van der Waals surface area contributed by atoms with Gasteiger partial charge in [0.05, 0.1) is 12.2 Å². The zero-order valence-corrected chi connectivity index (χ0v) is 12.8. The third-order valence-corrected chi connectivity index (χ3v) is 3.83. The van der Waals surface area contributed by atoms with Crippen LogP contribution in [0, 0.1) is 10.1 Å². The van der Waals surface area contributed by atoms with Crippen molar-refractivity contribution in [2.75, 3.05) is 6.61 Å². The first-order chi connectivity index (χ1) is 12.0. The summed E-state index contributed by atoms with van der Waals surface area (Å²) in [5.74, 6) is -1.25. The number of hydrogen-bond acceptors (Lipinski definition) is 8. The first-order valence-corrected chi connectivity index (χ1v) is 7.40. The molecular formula is C15H15N3O7. The van der Waals surface area contributed by atoms with Gasteiger partial charge in [-0.25, -0.2) is 4.79 Å². The summed E-state index contributed by atoms with van der Waals surface area (Å²) in [5.41, 5.74) is 0.251. The van der Waals surface area contributed by atoms with Crippen LogP contribution in [0.2, 0.25) is 0 Å². The van der Waals surface area contributed by atoms with Crippen LogP contribution in [0.5, 0.6) is 0 Å². The molecule has 0 amide bonds. The van der Waals surface area contributed by atoms with Crippen LogP contribution in [0.1, 0.15) is 16.6 Å². The molecule has 1 aromatic heterocycles. The summed E-state index contributed by atoms with van der Waals surface area (Å²) >= 11 is 0. The second-order valence-corrected chi connectivity index (χ2v) is 5.37. The predicted molar refractivity (Wildman–Crippen MR) is 81.5 cm³/mol. The zero-order chi connectivity index (χ0) is 18.0. The average Bonchev–Trinajstić information content (AvgIpc) is 3.21. The Labute approximate surface area is 141 Å². The number of aromatic nitrogens is 2. The third-order valence-electron chi connectivity index (χ3n) is 3.83. The number of rotatable bonds is 5. The van der Waals surface area contributed by atoms with Crippen molar-refractivity contribution < 1.29 is 29.4 Å². The molecule has 1 aromatic carbocycles. The maximum Gasteiger partial charge on any atom is 0.436 e. The number of benzene rings is 1. The van der Waals surface area contributed by atoms with E-state index in [0.717, 1.165) is 4.57 Å². The van der Waals surface area contributed by atoms with E-state index in [9.17, 15) is 25.1 Å². The molecule has 0 spiro atoms. The van der Waals surface area contributed by atoms with Gasteiger partial charge in [-0.2, -0.15) is 4.57 Å². The van der Waals surface area contributed by atoms with Gasteiger partial charge in [-0.1, -0.05) is 23.2 Å². The highest BCUT2D eigenvalue weighted by atomic mass is 16.6. The van der Waals surface area contributed by atoms with Crippen molar-refractivity contribution in [3.8, 4) is 0 Å².